The van der Waals surface area contributed by atoms with Crippen LogP contribution in [0.5, 0.6) is 0 Å². The van der Waals surface area contributed by atoms with E-state index in [9.17, 15) is 0 Å². The zero-order valence-corrected chi connectivity index (χ0v) is 22.4. The van der Waals surface area contributed by atoms with Gasteiger partial charge in [-0.25, -0.2) is 4.98 Å². The monoisotopic (exact) mass is 510 g/mol. The van der Waals surface area contributed by atoms with Crippen LogP contribution in [0.4, 0.5) is 0 Å². The molecule has 0 aliphatic heterocycles. The van der Waals surface area contributed by atoms with Gasteiger partial charge in [-0.15, -0.1) is 0 Å². The molecule has 2 heterocycles. The van der Waals surface area contributed by atoms with Crippen LogP contribution in [-0.2, 0) is 5.41 Å². The fourth-order valence-corrected chi connectivity index (χ4v) is 6.44. The minimum atomic E-state index is -0.117. The van der Waals surface area contributed by atoms with Gasteiger partial charge in [0.2, 0.25) is 0 Å². The number of benzene rings is 4. The molecule has 188 valence electrons. The first-order valence-electron chi connectivity index (χ1n) is 13.7. The second-order valence-corrected chi connectivity index (χ2v) is 11.1. The molecule has 1 aliphatic rings. The summed E-state index contributed by atoms with van der Waals surface area (Å²) in [6.45, 7) is 4.63. The molecular formula is C38H26N2. The number of aromatic nitrogens is 2. The molecule has 0 fully saturated rings. The van der Waals surface area contributed by atoms with Gasteiger partial charge in [-0.2, -0.15) is 0 Å². The van der Waals surface area contributed by atoms with Crippen LogP contribution < -0.4 is 0 Å². The molecule has 40 heavy (non-hydrogen) atoms. The van der Waals surface area contributed by atoms with Crippen LogP contribution in [0.3, 0.4) is 0 Å². The van der Waals surface area contributed by atoms with Crippen molar-refractivity contribution in [3.05, 3.63) is 145 Å². The third-order valence-electron chi connectivity index (χ3n) is 8.44. The summed E-state index contributed by atoms with van der Waals surface area (Å²) in [4.78, 5) is 5.13. The summed E-state index contributed by atoms with van der Waals surface area (Å²) < 4.78 is 2.42. The Bertz CT molecular complexity index is 2010. The number of rotatable bonds is 3. The van der Waals surface area contributed by atoms with Crippen molar-refractivity contribution in [3.8, 4) is 39.3 Å². The van der Waals surface area contributed by atoms with E-state index in [0.717, 1.165) is 28.2 Å². The highest BCUT2D eigenvalue weighted by Crippen LogP contribution is 2.50. The summed E-state index contributed by atoms with van der Waals surface area (Å²) in [6.07, 6.45) is 0. The number of hydrogen-bond acceptors (Lipinski definition) is 1. The molecule has 0 amide bonds. The summed E-state index contributed by atoms with van der Waals surface area (Å²) in [7, 11) is 0. The Morgan fingerprint density at radius 3 is 1.98 bits per heavy atom. The topological polar surface area (TPSA) is 17.8 Å². The maximum Gasteiger partial charge on any atom is 0.0730 e. The standard InChI is InChI=1S/C38H26N2/c1-38(2)32-19-11-9-17-28(32)30-23-31-29-18-10-12-20-36(29)40(37(31)24-33(30)38)27-21-34(25-13-5-3-6-14-25)39-35(22-27)26-15-7-4-8-16-26/h3-8,10-16,18-24H,1-2H3. The van der Waals surface area contributed by atoms with Crippen molar-refractivity contribution in [2.45, 2.75) is 19.3 Å². The lowest BCUT2D eigenvalue weighted by atomic mass is 9.82. The first-order valence-corrected chi connectivity index (χ1v) is 13.7. The Hall–Kier alpha value is -5.13. The van der Waals surface area contributed by atoms with Gasteiger partial charge in [0.1, 0.15) is 0 Å². The maximum absolute atomic E-state index is 5.13. The van der Waals surface area contributed by atoms with Crippen molar-refractivity contribution in [3.63, 3.8) is 0 Å². The van der Waals surface area contributed by atoms with Crippen LogP contribution in [0.15, 0.2) is 121 Å². The fraction of sp³-hybridized carbons (Fsp3) is 0.0789. The second kappa shape index (κ2) is 8.43. The molecule has 0 saturated carbocycles. The van der Waals surface area contributed by atoms with Crippen molar-refractivity contribution in [2.75, 3.05) is 0 Å². The quantitative estimate of drug-likeness (QED) is 0.231. The average molecular weight is 511 g/mol. The Morgan fingerprint density at radius 2 is 1.27 bits per heavy atom. The predicted octanol–water partition coefficient (Wildman–Crippen LogP) is 9.42. The smallest absolute Gasteiger partial charge is 0.0730 e. The molecule has 2 aromatic heterocycles. The highest BCUT2D eigenvalue weighted by Gasteiger charge is 2.36. The largest absolute Gasteiger partial charge is 0.309 e. The van der Waals surface area contributed by atoms with Crippen LogP contribution in [0, 0.1) is 12.1 Å². The first kappa shape index (κ1) is 22.8. The van der Waals surface area contributed by atoms with Crippen LogP contribution in [-0.4, -0.2) is 9.55 Å². The van der Waals surface area contributed by atoms with E-state index in [-0.39, 0.29) is 5.41 Å². The van der Waals surface area contributed by atoms with Crippen molar-refractivity contribution < 1.29 is 0 Å². The van der Waals surface area contributed by atoms with E-state index in [2.05, 4.69) is 134 Å². The van der Waals surface area contributed by atoms with Crippen LogP contribution >= 0.6 is 0 Å². The lowest BCUT2D eigenvalue weighted by molar-refractivity contribution is 0.661. The van der Waals surface area contributed by atoms with Gasteiger partial charge < -0.3 is 4.57 Å². The summed E-state index contributed by atoms with van der Waals surface area (Å²) >= 11 is 0. The average Bonchev–Trinajstić information content (AvgIpc) is 3.45. The molecule has 8 rings (SSSR count). The first-order chi connectivity index (χ1) is 19.6. The van der Waals surface area contributed by atoms with E-state index >= 15 is 0 Å². The van der Waals surface area contributed by atoms with Crippen molar-refractivity contribution in [1.29, 1.82) is 0 Å². The molecule has 2 nitrogen and oxygen atoms in total. The van der Waals surface area contributed by atoms with Crippen LogP contribution in [0.25, 0.3) is 61.1 Å². The van der Waals surface area contributed by atoms with Gasteiger partial charge >= 0.3 is 0 Å². The van der Waals surface area contributed by atoms with E-state index in [1.54, 1.807) is 0 Å². The molecule has 0 bridgehead atoms. The Balaban J connectivity index is 1.46. The molecule has 0 radical (unpaired) electrons. The minimum Gasteiger partial charge on any atom is -0.309 e. The number of pyridine rings is 1. The normalized spacial score (nSPS) is 13.2. The summed E-state index contributed by atoms with van der Waals surface area (Å²) in [5.74, 6) is 0. The molecule has 0 unspecified atom stereocenters. The van der Waals surface area contributed by atoms with E-state index in [1.165, 1.54) is 44.1 Å². The highest BCUT2D eigenvalue weighted by molar-refractivity contribution is 6.11. The van der Waals surface area contributed by atoms with E-state index < -0.39 is 0 Å². The van der Waals surface area contributed by atoms with Crippen LogP contribution in [0.1, 0.15) is 25.0 Å². The molecule has 0 spiro atoms. The van der Waals surface area contributed by atoms with Gasteiger partial charge in [0.25, 0.3) is 0 Å². The summed E-state index contributed by atoms with van der Waals surface area (Å²) in [6, 6.07) is 49.7. The molecule has 0 N–H and O–H groups in total. The van der Waals surface area contributed by atoms with Gasteiger partial charge in [0, 0.05) is 32.9 Å². The third-order valence-corrected chi connectivity index (χ3v) is 8.44. The van der Waals surface area contributed by atoms with Crippen LogP contribution in [0.2, 0.25) is 0 Å². The second-order valence-electron chi connectivity index (χ2n) is 11.1. The maximum atomic E-state index is 5.13. The van der Waals surface area contributed by atoms with Crippen molar-refractivity contribution in [1.82, 2.24) is 9.55 Å². The fourth-order valence-electron chi connectivity index (χ4n) is 6.44. The van der Waals surface area contributed by atoms with E-state index in [1.807, 2.05) is 18.2 Å². The Labute approximate surface area is 234 Å². The molecule has 7 aromatic rings. The molecule has 5 aromatic carbocycles. The van der Waals surface area contributed by atoms with Gasteiger partial charge in [-0.05, 0) is 59.2 Å². The Kier molecular flexibility index (Phi) is 4.81. The number of para-hydroxylation sites is 1. The molecule has 2 heteroatoms. The van der Waals surface area contributed by atoms with E-state index in [4.69, 9.17) is 4.98 Å². The molecule has 1 aliphatic carbocycles. The number of hydrogen-bond donors (Lipinski definition) is 0. The van der Waals surface area contributed by atoms with Gasteiger partial charge in [0.05, 0.1) is 28.1 Å². The lowest BCUT2D eigenvalue weighted by Crippen LogP contribution is -2.14. The van der Waals surface area contributed by atoms with E-state index in [0.29, 0.717) is 0 Å². The minimum absolute atomic E-state index is 0.117. The zero-order valence-electron chi connectivity index (χ0n) is 22.4. The SMILES string of the molecule is CC1(C)c2ccc#cc2-c2cc3c4ccccc4n(-c4cc(-c5ccccc5)nc(-c5ccccc5)c4)c3cc21. The van der Waals surface area contributed by atoms with Crippen molar-refractivity contribution >= 4 is 21.8 Å². The van der Waals surface area contributed by atoms with Gasteiger partial charge in [-0.1, -0.05) is 105 Å². The van der Waals surface area contributed by atoms with Gasteiger partial charge in [-0.3, -0.25) is 0 Å². The van der Waals surface area contributed by atoms with Crippen molar-refractivity contribution in [2.24, 2.45) is 0 Å². The third kappa shape index (κ3) is 3.28. The molecule has 0 saturated heterocycles. The molecular weight excluding hydrogens is 484 g/mol. The highest BCUT2D eigenvalue weighted by atomic mass is 15.0. The Morgan fingerprint density at radius 1 is 0.625 bits per heavy atom. The predicted molar refractivity (Wildman–Crippen MR) is 165 cm³/mol. The lowest BCUT2D eigenvalue weighted by Gasteiger charge is -2.21. The summed E-state index contributed by atoms with van der Waals surface area (Å²) in [5.41, 5.74) is 12.6. The number of fused-ring (bicyclic) bond motifs is 6. The number of nitrogens with zero attached hydrogens (tertiary/aromatic N) is 2. The summed E-state index contributed by atoms with van der Waals surface area (Å²) in [5, 5.41) is 2.49. The van der Waals surface area contributed by atoms with Gasteiger partial charge in [0.15, 0.2) is 0 Å². The molecule has 0 atom stereocenters. The zero-order chi connectivity index (χ0) is 26.8.